The summed E-state index contributed by atoms with van der Waals surface area (Å²) in [4.78, 5) is 1.20. The fraction of sp³-hybridized carbons (Fsp3) is 0.429. The molecular weight excluding hydrogens is 242 g/mol. The van der Waals surface area contributed by atoms with Crippen LogP contribution in [0.3, 0.4) is 0 Å². The smallest absolute Gasteiger partial charge is 0.0776 e. The molecule has 0 radical (unpaired) electrons. The maximum Gasteiger partial charge on any atom is 0.0776 e. The molecule has 1 heterocycles. The zero-order valence-electron chi connectivity index (χ0n) is 11.5. The monoisotopic (exact) mass is 261 g/mol. The third-order valence-corrected chi connectivity index (χ3v) is 4.32. The van der Waals surface area contributed by atoms with Crippen LogP contribution in [0.2, 0.25) is 0 Å². The van der Waals surface area contributed by atoms with E-state index >= 15 is 0 Å². The normalized spacial score (nSPS) is 12.7. The number of nitrogens with one attached hydrogen (secondary N) is 1. The molecule has 96 valence electrons. The number of hydrogen-bond acceptors (Lipinski definition) is 4. The van der Waals surface area contributed by atoms with Crippen molar-refractivity contribution >= 4 is 11.5 Å². The standard InChI is InChI=1S/C14H19N3S/c1-8-6-10(3)12(7-9(8)2)13(15-5)14-11(4)16-17-18-14/h6-7,13,15H,1-5H3. The predicted octanol–water partition coefficient (Wildman–Crippen LogP) is 3.08. The first-order valence-corrected chi connectivity index (χ1v) is 6.85. The number of hydrogen-bond donors (Lipinski definition) is 1. The van der Waals surface area contributed by atoms with Gasteiger partial charge in [-0.15, -0.1) is 5.10 Å². The Morgan fingerprint density at radius 3 is 2.28 bits per heavy atom. The van der Waals surface area contributed by atoms with Gasteiger partial charge in [0.25, 0.3) is 0 Å². The fourth-order valence-corrected chi connectivity index (χ4v) is 3.00. The number of aryl methyl sites for hydroxylation is 4. The van der Waals surface area contributed by atoms with Crippen molar-refractivity contribution in [3.8, 4) is 0 Å². The van der Waals surface area contributed by atoms with Crippen LogP contribution in [0.15, 0.2) is 12.1 Å². The first kappa shape index (κ1) is 13.2. The highest BCUT2D eigenvalue weighted by molar-refractivity contribution is 7.05. The molecule has 18 heavy (non-hydrogen) atoms. The summed E-state index contributed by atoms with van der Waals surface area (Å²) in [6.45, 7) is 8.48. The summed E-state index contributed by atoms with van der Waals surface area (Å²) in [6.07, 6.45) is 0. The van der Waals surface area contributed by atoms with E-state index in [1.165, 1.54) is 38.7 Å². The number of benzene rings is 1. The Morgan fingerprint density at radius 1 is 1.06 bits per heavy atom. The summed E-state index contributed by atoms with van der Waals surface area (Å²) in [5.41, 5.74) is 6.30. The van der Waals surface area contributed by atoms with E-state index in [9.17, 15) is 0 Å². The topological polar surface area (TPSA) is 37.8 Å². The van der Waals surface area contributed by atoms with Crippen LogP contribution in [0.5, 0.6) is 0 Å². The van der Waals surface area contributed by atoms with Gasteiger partial charge in [0.1, 0.15) is 0 Å². The predicted molar refractivity (Wildman–Crippen MR) is 76.2 cm³/mol. The highest BCUT2D eigenvalue weighted by Crippen LogP contribution is 2.30. The summed E-state index contributed by atoms with van der Waals surface area (Å²) in [5, 5.41) is 7.49. The van der Waals surface area contributed by atoms with E-state index in [1.54, 1.807) is 0 Å². The van der Waals surface area contributed by atoms with Crippen LogP contribution in [0, 0.1) is 27.7 Å². The Hall–Kier alpha value is -1.26. The number of aromatic nitrogens is 2. The molecule has 0 fully saturated rings. The first-order chi connectivity index (χ1) is 8.54. The lowest BCUT2D eigenvalue weighted by atomic mass is 9.94. The van der Waals surface area contributed by atoms with Crippen LogP contribution in [0.4, 0.5) is 0 Å². The summed E-state index contributed by atoms with van der Waals surface area (Å²) in [7, 11) is 1.98. The second kappa shape index (κ2) is 5.16. The van der Waals surface area contributed by atoms with Gasteiger partial charge >= 0.3 is 0 Å². The molecule has 1 unspecified atom stereocenters. The SMILES string of the molecule is CNC(c1cc(C)c(C)cc1C)c1snnc1C. The van der Waals surface area contributed by atoms with E-state index in [2.05, 4.69) is 47.8 Å². The molecule has 1 N–H and O–H groups in total. The quantitative estimate of drug-likeness (QED) is 0.922. The zero-order chi connectivity index (χ0) is 13.3. The van der Waals surface area contributed by atoms with Crippen molar-refractivity contribution in [2.75, 3.05) is 7.05 Å². The molecule has 0 saturated carbocycles. The maximum absolute atomic E-state index is 4.11. The zero-order valence-corrected chi connectivity index (χ0v) is 12.4. The summed E-state index contributed by atoms with van der Waals surface area (Å²) >= 11 is 1.47. The highest BCUT2D eigenvalue weighted by atomic mass is 32.1. The molecule has 1 atom stereocenters. The molecule has 3 nitrogen and oxygen atoms in total. The summed E-state index contributed by atoms with van der Waals surface area (Å²) in [5.74, 6) is 0. The third-order valence-electron chi connectivity index (χ3n) is 3.43. The van der Waals surface area contributed by atoms with Gasteiger partial charge in [0.2, 0.25) is 0 Å². The molecule has 0 spiro atoms. The molecule has 0 amide bonds. The van der Waals surface area contributed by atoms with Crippen molar-refractivity contribution in [3.63, 3.8) is 0 Å². The molecule has 2 rings (SSSR count). The molecular formula is C14H19N3S. The minimum Gasteiger partial charge on any atom is -0.309 e. The summed E-state index contributed by atoms with van der Waals surface area (Å²) < 4.78 is 4.04. The molecule has 4 heteroatoms. The van der Waals surface area contributed by atoms with Crippen molar-refractivity contribution in [1.82, 2.24) is 14.9 Å². The lowest BCUT2D eigenvalue weighted by Gasteiger charge is -2.19. The van der Waals surface area contributed by atoms with E-state index in [0.29, 0.717) is 0 Å². The van der Waals surface area contributed by atoms with E-state index < -0.39 is 0 Å². The van der Waals surface area contributed by atoms with Crippen LogP contribution in [0.1, 0.15) is 38.9 Å². The molecule has 0 bridgehead atoms. The second-order valence-electron chi connectivity index (χ2n) is 4.74. The van der Waals surface area contributed by atoms with Crippen LogP contribution < -0.4 is 5.32 Å². The summed E-state index contributed by atoms with van der Waals surface area (Å²) in [6, 6.07) is 4.70. The Bertz CT molecular complexity index is 560. The molecule has 2 aromatic rings. The van der Waals surface area contributed by atoms with Crippen molar-refractivity contribution in [2.45, 2.75) is 33.7 Å². The van der Waals surface area contributed by atoms with Gasteiger partial charge in [0.05, 0.1) is 16.6 Å². The average Bonchev–Trinajstić information content (AvgIpc) is 2.73. The lowest BCUT2D eigenvalue weighted by Crippen LogP contribution is -2.18. The minimum atomic E-state index is 0.185. The van der Waals surface area contributed by atoms with Gasteiger partial charge in [-0.1, -0.05) is 16.6 Å². The molecule has 1 aromatic carbocycles. The van der Waals surface area contributed by atoms with Crippen LogP contribution in [-0.4, -0.2) is 16.6 Å². The van der Waals surface area contributed by atoms with E-state index in [1.807, 2.05) is 14.0 Å². The average molecular weight is 261 g/mol. The molecule has 0 aliphatic rings. The van der Waals surface area contributed by atoms with Gasteiger partial charge in [-0.2, -0.15) is 0 Å². The first-order valence-electron chi connectivity index (χ1n) is 6.08. The van der Waals surface area contributed by atoms with Crippen molar-refractivity contribution in [2.24, 2.45) is 0 Å². The van der Waals surface area contributed by atoms with Crippen molar-refractivity contribution in [1.29, 1.82) is 0 Å². The van der Waals surface area contributed by atoms with Gasteiger partial charge in [-0.3, -0.25) is 0 Å². The van der Waals surface area contributed by atoms with Crippen molar-refractivity contribution < 1.29 is 0 Å². The molecule has 0 aliphatic carbocycles. The Balaban J connectivity index is 2.52. The van der Waals surface area contributed by atoms with Gasteiger partial charge in [0.15, 0.2) is 0 Å². The Labute approximate surface area is 112 Å². The van der Waals surface area contributed by atoms with Gasteiger partial charge in [-0.05, 0) is 68.5 Å². The molecule has 0 aliphatic heterocycles. The highest BCUT2D eigenvalue weighted by Gasteiger charge is 2.19. The largest absolute Gasteiger partial charge is 0.309 e. The Morgan fingerprint density at radius 2 is 1.72 bits per heavy atom. The van der Waals surface area contributed by atoms with Gasteiger partial charge in [-0.25, -0.2) is 0 Å². The lowest BCUT2D eigenvalue weighted by molar-refractivity contribution is 0.692. The van der Waals surface area contributed by atoms with Crippen LogP contribution in [-0.2, 0) is 0 Å². The van der Waals surface area contributed by atoms with Gasteiger partial charge in [0, 0.05) is 0 Å². The third kappa shape index (κ3) is 2.31. The minimum absolute atomic E-state index is 0.185. The van der Waals surface area contributed by atoms with E-state index in [0.717, 1.165) is 5.69 Å². The fourth-order valence-electron chi connectivity index (χ4n) is 2.22. The van der Waals surface area contributed by atoms with Crippen LogP contribution >= 0.6 is 11.5 Å². The van der Waals surface area contributed by atoms with E-state index in [-0.39, 0.29) is 6.04 Å². The maximum atomic E-state index is 4.11. The van der Waals surface area contributed by atoms with Gasteiger partial charge < -0.3 is 5.32 Å². The number of rotatable bonds is 3. The second-order valence-corrected chi connectivity index (χ2v) is 5.52. The molecule has 1 aromatic heterocycles. The van der Waals surface area contributed by atoms with Crippen LogP contribution in [0.25, 0.3) is 0 Å². The molecule has 0 saturated heterocycles. The number of nitrogens with zero attached hydrogens (tertiary/aromatic N) is 2. The Kier molecular flexibility index (Phi) is 3.78. The van der Waals surface area contributed by atoms with Crippen molar-refractivity contribution in [3.05, 3.63) is 45.0 Å². The van der Waals surface area contributed by atoms with E-state index in [4.69, 9.17) is 0 Å².